The Morgan fingerprint density at radius 2 is 1.15 bits per heavy atom. The molecule has 1 aromatic carbocycles. The van der Waals surface area contributed by atoms with Gasteiger partial charge in [0.1, 0.15) is 0 Å². The molecule has 0 spiro atoms. The number of thioether (sulfide) groups is 2. The smallest absolute Gasteiger partial charge is 0.194 e. The summed E-state index contributed by atoms with van der Waals surface area (Å²) < 4.78 is 1.79. The van der Waals surface area contributed by atoms with Gasteiger partial charge < -0.3 is 0 Å². The van der Waals surface area contributed by atoms with Gasteiger partial charge in [0.15, 0.2) is 11.6 Å². The Morgan fingerprint density at radius 1 is 0.769 bits per heavy atom. The van der Waals surface area contributed by atoms with E-state index in [9.17, 15) is 9.59 Å². The van der Waals surface area contributed by atoms with E-state index < -0.39 is 0 Å². The predicted octanol–water partition coefficient (Wildman–Crippen LogP) is 6.24. The lowest BCUT2D eigenvalue weighted by Crippen LogP contribution is -2.49. The van der Waals surface area contributed by atoms with Gasteiger partial charge in [0.2, 0.25) is 0 Å². The summed E-state index contributed by atoms with van der Waals surface area (Å²) >= 11 is 8.28. The normalized spacial score (nSPS) is 32.2. The maximum atomic E-state index is 13.4. The van der Waals surface area contributed by atoms with Crippen LogP contribution >= 0.6 is 68.7 Å². The molecule has 1 aromatic rings. The van der Waals surface area contributed by atoms with Gasteiger partial charge in [0.25, 0.3) is 0 Å². The van der Waals surface area contributed by atoms with Gasteiger partial charge in [0.05, 0.1) is 9.49 Å². The summed E-state index contributed by atoms with van der Waals surface area (Å²) in [4.78, 5) is 26.9. The lowest BCUT2D eigenvalue weighted by atomic mass is 9.66. The highest BCUT2D eigenvalue weighted by Crippen LogP contribution is 2.68. The van der Waals surface area contributed by atoms with Crippen LogP contribution < -0.4 is 0 Å². The molecule has 2 nitrogen and oxygen atoms in total. The Labute approximate surface area is 187 Å². The van der Waals surface area contributed by atoms with Crippen LogP contribution in [0, 0.1) is 0 Å². The molecule has 0 bridgehead atoms. The molecule has 26 heavy (non-hydrogen) atoms. The minimum atomic E-state index is -0.270. The van der Waals surface area contributed by atoms with E-state index in [0.717, 1.165) is 17.0 Å². The molecule has 2 aliphatic heterocycles. The first-order valence-corrected chi connectivity index (χ1v) is 11.9. The van der Waals surface area contributed by atoms with E-state index >= 15 is 0 Å². The maximum Gasteiger partial charge on any atom is 0.194 e. The lowest BCUT2D eigenvalue weighted by Gasteiger charge is -2.47. The van der Waals surface area contributed by atoms with Crippen molar-refractivity contribution in [2.24, 2.45) is 0 Å². The van der Waals surface area contributed by atoms with Gasteiger partial charge in [-0.25, -0.2) is 0 Å². The Balaban J connectivity index is 1.94. The second kappa shape index (κ2) is 5.61. The number of carbonyl (C=O) groups is 2. The number of fused-ring (bicyclic) bond motifs is 5. The fourth-order valence-electron chi connectivity index (χ4n) is 4.28. The van der Waals surface area contributed by atoms with Crippen LogP contribution in [0.1, 0.15) is 34.6 Å². The van der Waals surface area contributed by atoms with E-state index in [4.69, 9.17) is 0 Å². The number of Topliss-reactive ketones (excluding diaryl/α,β-unsaturated/α-hetero) is 2. The number of benzene rings is 1. The van der Waals surface area contributed by atoms with E-state index in [0.29, 0.717) is 22.3 Å². The van der Waals surface area contributed by atoms with Crippen LogP contribution in [0.4, 0.5) is 0 Å². The minimum Gasteiger partial charge on any atom is -0.289 e. The van der Waals surface area contributed by atoms with Crippen molar-refractivity contribution >= 4 is 80.3 Å². The van der Waals surface area contributed by atoms with Crippen molar-refractivity contribution in [2.75, 3.05) is 0 Å². The zero-order chi connectivity index (χ0) is 18.4. The molecule has 2 heterocycles. The number of hydrogen-bond acceptors (Lipinski definition) is 4. The van der Waals surface area contributed by atoms with Gasteiger partial charge in [-0.05, 0) is 82.3 Å². The van der Waals surface area contributed by atoms with Crippen LogP contribution in [0.15, 0.2) is 64.5 Å². The molecule has 0 aromatic heterocycles. The van der Waals surface area contributed by atoms with Crippen molar-refractivity contribution in [3.05, 3.63) is 75.7 Å². The van der Waals surface area contributed by atoms with Gasteiger partial charge in [0, 0.05) is 28.1 Å². The summed E-state index contributed by atoms with van der Waals surface area (Å²) in [5.41, 5.74) is 4.30. The van der Waals surface area contributed by atoms with Gasteiger partial charge in [-0.15, -0.1) is 23.5 Å². The number of rotatable bonds is 0. The second-order valence-electron chi connectivity index (χ2n) is 6.95. The molecule has 0 radical (unpaired) electrons. The number of allylic oxidation sites excluding steroid dienone is 4. The van der Waals surface area contributed by atoms with Gasteiger partial charge in [-0.3, -0.25) is 9.59 Å². The third-order valence-corrected chi connectivity index (χ3v) is 10.5. The maximum absolute atomic E-state index is 13.4. The minimum absolute atomic E-state index is 0.0192. The zero-order valence-electron chi connectivity index (χ0n) is 13.9. The van der Waals surface area contributed by atoms with E-state index in [1.54, 1.807) is 35.7 Å². The Hall–Kier alpha value is -0.320. The first kappa shape index (κ1) is 17.8. The highest BCUT2D eigenvalue weighted by atomic mass is 127. The number of hydrogen-bond donors (Lipinski definition) is 0. The van der Waals surface area contributed by atoms with Crippen molar-refractivity contribution < 1.29 is 9.59 Å². The van der Waals surface area contributed by atoms with E-state index in [-0.39, 0.29) is 21.1 Å². The van der Waals surface area contributed by atoms with Gasteiger partial charge >= 0.3 is 0 Å². The van der Waals surface area contributed by atoms with Crippen LogP contribution in [0.3, 0.4) is 0 Å². The third-order valence-electron chi connectivity index (χ3n) is 5.72. The average Bonchev–Trinajstić information content (AvgIpc) is 3.08. The van der Waals surface area contributed by atoms with Crippen LogP contribution in [0.5, 0.6) is 0 Å². The highest BCUT2D eigenvalue weighted by molar-refractivity contribution is 14.1. The summed E-state index contributed by atoms with van der Waals surface area (Å²) in [5.74, 6) is -0.0385. The zero-order valence-corrected chi connectivity index (χ0v) is 19.8. The average molecular weight is 602 g/mol. The molecule has 0 saturated carbocycles. The van der Waals surface area contributed by atoms with Crippen molar-refractivity contribution in [3.63, 3.8) is 0 Å². The van der Waals surface area contributed by atoms with Crippen LogP contribution in [0.25, 0.3) is 0 Å². The Bertz CT molecular complexity index is 994. The molecule has 2 aliphatic carbocycles. The fraction of sp³-hybridized carbons (Fsp3) is 0.200. The highest BCUT2D eigenvalue weighted by Gasteiger charge is 2.61. The molecule has 0 unspecified atom stereocenters. The topological polar surface area (TPSA) is 34.1 Å². The van der Waals surface area contributed by atoms with E-state index in [1.165, 1.54) is 0 Å². The third kappa shape index (κ3) is 2.02. The standard InChI is InChI=1S/C20H12I2O2S2/c1-19-11(7-13(21)25-19)15-16(12-8-14(22)26-20(12,19)2)18(24)10-6-4-3-5-9(10)17(15)23/h3-8H,1-2H3/t19-,20-/m1/s1. The van der Waals surface area contributed by atoms with Crippen LogP contribution in [-0.4, -0.2) is 21.1 Å². The Kier molecular flexibility index (Phi) is 3.83. The largest absolute Gasteiger partial charge is 0.289 e. The molecular formula is C20H12I2O2S2. The van der Waals surface area contributed by atoms with Gasteiger partial charge in [-0.2, -0.15) is 0 Å². The first-order chi connectivity index (χ1) is 12.3. The number of halogens is 2. The summed E-state index contributed by atoms with van der Waals surface area (Å²) in [6.07, 6.45) is 4.21. The molecule has 0 saturated heterocycles. The number of carbonyl (C=O) groups excluding carboxylic acids is 2. The number of ketones is 2. The SMILES string of the molecule is C[C@@]12SC(I)=CC1=C1C(=O)c3ccccc3C(=O)C1=C1C=C(I)S[C@]12C. The summed E-state index contributed by atoms with van der Waals surface area (Å²) in [6.45, 7) is 4.43. The molecule has 2 atom stereocenters. The molecule has 5 rings (SSSR count). The van der Waals surface area contributed by atoms with Crippen molar-refractivity contribution in [1.82, 2.24) is 0 Å². The molecular weight excluding hydrogens is 590 g/mol. The summed E-state index contributed by atoms with van der Waals surface area (Å²) in [6, 6.07) is 7.21. The van der Waals surface area contributed by atoms with Gasteiger partial charge in [-0.1, -0.05) is 24.3 Å². The predicted molar refractivity (Wildman–Crippen MR) is 125 cm³/mol. The molecule has 0 N–H and O–H groups in total. The van der Waals surface area contributed by atoms with E-state index in [1.807, 2.05) is 12.1 Å². The molecule has 6 heteroatoms. The quantitative estimate of drug-likeness (QED) is 0.330. The second-order valence-corrected chi connectivity index (χ2v) is 13.7. The molecule has 130 valence electrons. The van der Waals surface area contributed by atoms with Crippen LogP contribution in [-0.2, 0) is 0 Å². The first-order valence-electron chi connectivity index (χ1n) is 8.08. The molecule has 4 aliphatic rings. The summed E-state index contributed by atoms with van der Waals surface area (Å²) in [7, 11) is 0. The van der Waals surface area contributed by atoms with Crippen molar-refractivity contribution in [2.45, 2.75) is 23.3 Å². The van der Waals surface area contributed by atoms with Crippen molar-refractivity contribution in [3.8, 4) is 0 Å². The van der Waals surface area contributed by atoms with E-state index in [2.05, 4.69) is 71.2 Å². The van der Waals surface area contributed by atoms with Crippen molar-refractivity contribution in [1.29, 1.82) is 0 Å². The Morgan fingerprint density at radius 3 is 1.54 bits per heavy atom. The summed E-state index contributed by atoms with van der Waals surface area (Å²) in [5, 5.41) is 0. The molecule has 0 amide bonds. The van der Waals surface area contributed by atoms with Crippen LogP contribution in [0.2, 0.25) is 0 Å². The monoisotopic (exact) mass is 602 g/mol. The fourth-order valence-corrected chi connectivity index (χ4v) is 10.1. The molecule has 0 fully saturated rings. The lowest BCUT2D eigenvalue weighted by molar-refractivity contribution is 0.0969.